The van der Waals surface area contributed by atoms with Gasteiger partial charge in [-0.2, -0.15) is 0 Å². The summed E-state index contributed by atoms with van der Waals surface area (Å²) < 4.78 is 12.8. The second-order valence-corrected chi connectivity index (χ2v) is 6.31. The second kappa shape index (κ2) is 6.07. The SMILES string of the molecule is O=c1oc2ccccc2c(O)c1C=Nc1ccc2c(c1)nc1n2CCOC1. The molecule has 1 aliphatic heterocycles. The molecule has 1 aliphatic rings. The smallest absolute Gasteiger partial charge is 0.348 e. The van der Waals surface area contributed by atoms with Crippen LogP contribution < -0.4 is 5.63 Å². The van der Waals surface area contributed by atoms with Crippen molar-refractivity contribution < 1.29 is 14.3 Å². The fraction of sp³-hybridized carbons (Fsp3) is 0.150. The third-order valence-corrected chi connectivity index (χ3v) is 4.66. The molecule has 27 heavy (non-hydrogen) atoms. The summed E-state index contributed by atoms with van der Waals surface area (Å²) in [6.45, 7) is 1.95. The molecule has 2 aromatic heterocycles. The third-order valence-electron chi connectivity index (χ3n) is 4.66. The standard InChI is InChI=1S/C20H15N3O4/c24-19-13-3-1-2-4-17(13)27-20(25)14(19)10-21-12-5-6-16-15(9-12)22-18-11-26-8-7-23(16)18/h1-6,9-10,24H,7-8,11H2. The first-order chi connectivity index (χ1) is 13.2. The molecule has 2 aromatic carbocycles. The number of ether oxygens (including phenoxy) is 1. The van der Waals surface area contributed by atoms with E-state index in [0.717, 1.165) is 23.4 Å². The monoisotopic (exact) mass is 361 g/mol. The van der Waals surface area contributed by atoms with E-state index < -0.39 is 5.63 Å². The average molecular weight is 361 g/mol. The van der Waals surface area contributed by atoms with Crippen molar-refractivity contribution >= 4 is 33.9 Å². The van der Waals surface area contributed by atoms with Crippen LogP contribution in [0.3, 0.4) is 0 Å². The number of aliphatic imine (C=N–C) groups is 1. The van der Waals surface area contributed by atoms with Crippen molar-refractivity contribution in [3.05, 3.63) is 64.3 Å². The molecule has 0 bridgehead atoms. The highest BCUT2D eigenvalue weighted by atomic mass is 16.5. The Kier molecular flexibility index (Phi) is 3.54. The molecule has 5 rings (SSSR count). The molecule has 7 nitrogen and oxygen atoms in total. The van der Waals surface area contributed by atoms with Gasteiger partial charge in [0, 0.05) is 12.8 Å². The number of aromatic nitrogens is 2. The Balaban J connectivity index is 1.56. The highest BCUT2D eigenvalue weighted by molar-refractivity contribution is 5.94. The summed E-state index contributed by atoms with van der Waals surface area (Å²) in [5.74, 6) is 0.756. The zero-order chi connectivity index (χ0) is 18.4. The summed E-state index contributed by atoms with van der Waals surface area (Å²) >= 11 is 0. The first-order valence-electron chi connectivity index (χ1n) is 8.56. The molecule has 0 saturated carbocycles. The van der Waals surface area contributed by atoms with E-state index in [2.05, 4.69) is 14.5 Å². The Morgan fingerprint density at radius 2 is 2.11 bits per heavy atom. The lowest BCUT2D eigenvalue weighted by Gasteiger charge is -2.14. The molecular formula is C20H15N3O4. The van der Waals surface area contributed by atoms with Crippen molar-refractivity contribution in [2.75, 3.05) is 6.61 Å². The van der Waals surface area contributed by atoms with Gasteiger partial charge in [-0.15, -0.1) is 0 Å². The van der Waals surface area contributed by atoms with Gasteiger partial charge in [0.1, 0.15) is 29.3 Å². The lowest BCUT2D eigenvalue weighted by atomic mass is 10.1. The molecule has 7 heteroatoms. The predicted octanol–water partition coefficient (Wildman–Crippen LogP) is 3.13. The lowest BCUT2D eigenvalue weighted by Crippen LogP contribution is -2.16. The number of nitrogens with zero attached hydrogens (tertiary/aromatic N) is 3. The molecule has 0 saturated heterocycles. The van der Waals surface area contributed by atoms with Gasteiger partial charge in [0.25, 0.3) is 0 Å². The van der Waals surface area contributed by atoms with Crippen LogP contribution in [0.1, 0.15) is 11.4 Å². The van der Waals surface area contributed by atoms with Crippen LogP contribution in [0.15, 0.2) is 56.7 Å². The number of hydrogen-bond acceptors (Lipinski definition) is 6. The fourth-order valence-electron chi connectivity index (χ4n) is 3.33. The van der Waals surface area contributed by atoms with Gasteiger partial charge in [0.2, 0.25) is 0 Å². The highest BCUT2D eigenvalue weighted by Crippen LogP contribution is 2.27. The minimum absolute atomic E-state index is 0.0198. The van der Waals surface area contributed by atoms with E-state index in [4.69, 9.17) is 9.15 Å². The van der Waals surface area contributed by atoms with Crippen molar-refractivity contribution in [1.82, 2.24) is 9.55 Å². The molecule has 1 N–H and O–H groups in total. The van der Waals surface area contributed by atoms with E-state index >= 15 is 0 Å². The number of para-hydroxylation sites is 1. The van der Waals surface area contributed by atoms with E-state index in [9.17, 15) is 9.90 Å². The van der Waals surface area contributed by atoms with Gasteiger partial charge in [0.05, 0.1) is 28.7 Å². The fourth-order valence-corrected chi connectivity index (χ4v) is 3.33. The summed E-state index contributed by atoms with van der Waals surface area (Å²) in [6.07, 6.45) is 1.33. The van der Waals surface area contributed by atoms with Crippen molar-refractivity contribution in [2.45, 2.75) is 13.2 Å². The predicted molar refractivity (Wildman–Crippen MR) is 101 cm³/mol. The third kappa shape index (κ3) is 2.60. The molecule has 0 unspecified atom stereocenters. The quantitative estimate of drug-likeness (QED) is 0.438. The molecule has 0 atom stereocenters. The van der Waals surface area contributed by atoms with Gasteiger partial charge in [0.15, 0.2) is 0 Å². The van der Waals surface area contributed by atoms with Gasteiger partial charge in [-0.1, -0.05) is 12.1 Å². The van der Waals surface area contributed by atoms with Gasteiger partial charge < -0.3 is 18.8 Å². The molecular weight excluding hydrogens is 346 g/mol. The first-order valence-corrected chi connectivity index (χ1v) is 8.56. The zero-order valence-corrected chi connectivity index (χ0v) is 14.3. The zero-order valence-electron chi connectivity index (χ0n) is 14.3. The number of fused-ring (bicyclic) bond motifs is 4. The van der Waals surface area contributed by atoms with Crippen LogP contribution in [0.4, 0.5) is 5.69 Å². The number of benzene rings is 2. The second-order valence-electron chi connectivity index (χ2n) is 6.31. The van der Waals surface area contributed by atoms with Crippen molar-refractivity contribution in [3.63, 3.8) is 0 Å². The Hall–Kier alpha value is -3.45. The Labute approximate surface area is 153 Å². The molecule has 0 spiro atoms. The maximum Gasteiger partial charge on any atom is 0.348 e. The normalized spacial score (nSPS) is 14.2. The number of aromatic hydroxyl groups is 1. The minimum Gasteiger partial charge on any atom is -0.506 e. The lowest BCUT2D eigenvalue weighted by molar-refractivity contribution is 0.0830. The summed E-state index contributed by atoms with van der Waals surface area (Å²) in [7, 11) is 0. The van der Waals surface area contributed by atoms with Crippen LogP contribution in [0.25, 0.3) is 22.0 Å². The number of rotatable bonds is 2. The number of imidazole rings is 1. The van der Waals surface area contributed by atoms with Gasteiger partial charge in [-0.05, 0) is 30.3 Å². The minimum atomic E-state index is -0.634. The van der Waals surface area contributed by atoms with Gasteiger partial charge in [-0.3, -0.25) is 4.99 Å². The summed E-state index contributed by atoms with van der Waals surface area (Å²) in [5, 5.41) is 10.9. The first kappa shape index (κ1) is 15.8. The van der Waals surface area contributed by atoms with Crippen molar-refractivity contribution in [2.24, 2.45) is 4.99 Å². The van der Waals surface area contributed by atoms with Crippen LogP contribution >= 0.6 is 0 Å². The van der Waals surface area contributed by atoms with Crippen LogP contribution in [0, 0.1) is 0 Å². The molecule has 0 fully saturated rings. The Bertz CT molecular complexity index is 1270. The van der Waals surface area contributed by atoms with Crippen LogP contribution in [0.2, 0.25) is 0 Å². The van der Waals surface area contributed by atoms with E-state index in [-0.39, 0.29) is 11.3 Å². The van der Waals surface area contributed by atoms with Crippen LogP contribution in [-0.4, -0.2) is 27.5 Å². The van der Waals surface area contributed by atoms with E-state index in [0.29, 0.717) is 29.9 Å². The molecule has 0 radical (unpaired) electrons. The summed E-state index contributed by atoms with van der Waals surface area (Å²) in [4.78, 5) is 21.1. The number of hydrogen-bond donors (Lipinski definition) is 1. The van der Waals surface area contributed by atoms with Crippen LogP contribution in [-0.2, 0) is 17.9 Å². The van der Waals surface area contributed by atoms with Gasteiger partial charge >= 0.3 is 5.63 Å². The van der Waals surface area contributed by atoms with E-state index in [1.807, 2.05) is 18.2 Å². The van der Waals surface area contributed by atoms with Crippen molar-refractivity contribution in [1.29, 1.82) is 0 Å². The molecule has 4 aromatic rings. The Morgan fingerprint density at radius 3 is 3.04 bits per heavy atom. The summed E-state index contributed by atoms with van der Waals surface area (Å²) in [5.41, 5.74) is 2.20. The highest BCUT2D eigenvalue weighted by Gasteiger charge is 2.15. The Morgan fingerprint density at radius 1 is 1.22 bits per heavy atom. The average Bonchev–Trinajstić information content (AvgIpc) is 3.05. The molecule has 134 valence electrons. The van der Waals surface area contributed by atoms with Crippen LogP contribution in [0.5, 0.6) is 5.75 Å². The van der Waals surface area contributed by atoms with Crippen molar-refractivity contribution in [3.8, 4) is 5.75 Å². The topological polar surface area (TPSA) is 89.9 Å². The molecule has 0 amide bonds. The molecule has 3 heterocycles. The maximum absolute atomic E-state index is 12.2. The summed E-state index contributed by atoms with van der Waals surface area (Å²) in [6, 6.07) is 12.5. The van der Waals surface area contributed by atoms with E-state index in [1.54, 1.807) is 24.3 Å². The maximum atomic E-state index is 12.2. The van der Waals surface area contributed by atoms with E-state index in [1.165, 1.54) is 6.21 Å². The molecule has 0 aliphatic carbocycles. The van der Waals surface area contributed by atoms with Gasteiger partial charge in [-0.25, -0.2) is 9.78 Å². The largest absolute Gasteiger partial charge is 0.506 e.